The van der Waals surface area contributed by atoms with Crippen LogP contribution < -0.4 is 10.5 Å². The molecule has 0 bridgehead atoms. The third-order valence-corrected chi connectivity index (χ3v) is 2.77. The molecule has 2 aromatic rings. The Labute approximate surface area is 110 Å². The molecule has 2 nitrogen and oxygen atoms in total. The molecule has 2 aromatic carbocycles. The van der Waals surface area contributed by atoms with Gasteiger partial charge in [-0.2, -0.15) is 0 Å². The Morgan fingerprint density at radius 3 is 2.37 bits per heavy atom. The van der Waals surface area contributed by atoms with E-state index in [0.29, 0.717) is 17.9 Å². The first-order valence-electron chi connectivity index (χ1n) is 6.04. The van der Waals surface area contributed by atoms with Crippen molar-refractivity contribution in [3.8, 4) is 5.75 Å². The summed E-state index contributed by atoms with van der Waals surface area (Å²) in [5.41, 5.74) is 7.17. The summed E-state index contributed by atoms with van der Waals surface area (Å²) in [6.07, 6.45) is 0. The van der Waals surface area contributed by atoms with E-state index in [4.69, 9.17) is 10.5 Å². The van der Waals surface area contributed by atoms with E-state index in [9.17, 15) is 8.78 Å². The highest BCUT2D eigenvalue weighted by atomic mass is 19.1. The molecule has 0 aliphatic carbocycles. The summed E-state index contributed by atoms with van der Waals surface area (Å²) in [6, 6.07) is 9.90. The second-order valence-corrected chi connectivity index (χ2v) is 4.19. The van der Waals surface area contributed by atoms with Crippen LogP contribution in [0.5, 0.6) is 5.75 Å². The van der Waals surface area contributed by atoms with Gasteiger partial charge in [0.1, 0.15) is 17.4 Å². The Morgan fingerprint density at radius 1 is 1.05 bits per heavy atom. The third kappa shape index (κ3) is 3.29. The van der Waals surface area contributed by atoms with Gasteiger partial charge < -0.3 is 10.5 Å². The van der Waals surface area contributed by atoms with Crippen LogP contribution in [0.15, 0.2) is 42.5 Å². The Balaban J connectivity index is 2.32. The van der Waals surface area contributed by atoms with Crippen LogP contribution in [0, 0.1) is 11.6 Å². The maximum Gasteiger partial charge on any atom is 0.126 e. The fraction of sp³-hybridized carbons (Fsp3) is 0.200. The Morgan fingerprint density at radius 2 is 1.74 bits per heavy atom. The van der Waals surface area contributed by atoms with Crippen LogP contribution in [0.4, 0.5) is 8.78 Å². The predicted octanol–water partition coefficient (Wildman–Crippen LogP) is 3.41. The molecule has 1 atom stereocenters. The molecule has 1 unspecified atom stereocenters. The first kappa shape index (κ1) is 13.5. The van der Waals surface area contributed by atoms with Crippen LogP contribution >= 0.6 is 0 Å². The van der Waals surface area contributed by atoms with Crippen LogP contribution in [0.3, 0.4) is 0 Å². The number of hydrogen-bond donors (Lipinski definition) is 1. The molecule has 0 fully saturated rings. The summed E-state index contributed by atoms with van der Waals surface area (Å²) < 4.78 is 31.7. The van der Waals surface area contributed by atoms with E-state index in [0.717, 1.165) is 11.6 Å². The van der Waals surface area contributed by atoms with Gasteiger partial charge in [-0.15, -0.1) is 0 Å². The first-order chi connectivity index (χ1) is 9.10. The minimum atomic E-state index is -0.633. The molecule has 0 amide bonds. The van der Waals surface area contributed by atoms with Gasteiger partial charge in [0, 0.05) is 6.07 Å². The van der Waals surface area contributed by atoms with Crippen molar-refractivity contribution in [2.45, 2.75) is 13.0 Å². The molecule has 2 rings (SSSR count). The topological polar surface area (TPSA) is 35.2 Å². The SMILES string of the molecule is CCOc1cccc(C(N)c2cc(F)cc(F)c2)c1. The Bertz CT molecular complexity index is 552. The summed E-state index contributed by atoms with van der Waals surface area (Å²) in [7, 11) is 0. The molecule has 100 valence electrons. The highest BCUT2D eigenvalue weighted by molar-refractivity contribution is 5.36. The second-order valence-electron chi connectivity index (χ2n) is 4.19. The zero-order chi connectivity index (χ0) is 13.8. The number of nitrogens with two attached hydrogens (primary N) is 1. The van der Waals surface area contributed by atoms with Gasteiger partial charge in [-0.3, -0.25) is 0 Å². The molecule has 4 heteroatoms. The van der Waals surface area contributed by atoms with Crippen molar-refractivity contribution in [1.29, 1.82) is 0 Å². The first-order valence-corrected chi connectivity index (χ1v) is 6.04. The predicted molar refractivity (Wildman–Crippen MR) is 70.0 cm³/mol. The van der Waals surface area contributed by atoms with Crippen molar-refractivity contribution >= 4 is 0 Å². The van der Waals surface area contributed by atoms with Crippen LogP contribution in [0.1, 0.15) is 24.1 Å². The van der Waals surface area contributed by atoms with E-state index in [1.54, 1.807) is 18.2 Å². The molecule has 0 heterocycles. The maximum absolute atomic E-state index is 13.2. The Hall–Kier alpha value is -1.94. The van der Waals surface area contributed by atoms with Crippen molar-refractivity contribution in [3.63, 3.8) is 0 Å². The van der Waals surface area contributed by atoms with E-state index >= 15 is 0 Å². The largest absolute Gasteiger partial charge is 0.494 e. The molecular formula is C15H15F2NO. The third-order valence-electron chi connectivity index (χ3n) is 2.77. The van der Waals surface area contributed by atoms with Crippen molar-refractivity contribution in [3.05, 3.63) is 65.2 Å². The average Bonchev–Trinajstić information content (AvgIpc) is 2.37. The molecule has 0 saturated heterocycles. The van der Waals surface area contributed by atoms with Crippen molar-refractivity contribution in [1.82, 2.24) is 0 Å². The molecule has 0 spiro atoms. The van der Waals surface area contributed by atoms with Crippen LogP contribution in [-0.4, -0.2) is 6.61 Å². The van der Waals surface area contributed by atoms with Gasteiger partial charge in [0.15, 0.2) is 0 Å². The van der Waals surface area contributed by atoms with E-state index < -0.39 is 17.7 Å². The molecule has 0 saturated carbocycles. The van der Waals surface area contributed by atoms with Gasteiger partial charge in [-0.25, -0.2) is 8.78 Å². The number of rotatable bonds is 4. The van der Waals surface area contributed by atoms with E-state index in [1.807, 2.05) is 13.0 Å². The fourth-order valence-electron chi connectivity index (χ4n) is 1.91. The lowest BCUT2D eigenvalue weighted by atomic mass is 9.99. The number of benzene rings is 2. The van der Waals surface area contributed by atoms with Gasteiger partial charge in [-0.05, 0) is 42.3 Å². The van der Waals surface area contributed by atoms with E-state index in [-0.39, 0.29) is 0 Å². The molecule has 19 heavy (non-hydrogen) atoms. The lowest BCUT2D eigenvalue weighted by Crippen LogP contribution is -2.12. The summed E-state index contributed by atoms with van der Waals surface area (Å²) in [6.45, 7) is 2.43. The van der Waals surface area contributed by atoms with Crippen LogP contribution in [0.2, 0.25) is 0 Å². The van der Waals surface area contributed by atoms with Crippen LogP contribution in [0.25, 0.3) is 0 Å². The number of hydrogen-bond acceptors (Lipinski definition) is 2. The minimum Gasteiger partial charge on any atom is -0.494 e. The number of ether oxygens (including phenoxy) is 1. The molecule has 0 aliphatic heterocycles. The monoisotopic (exact) mass is 263 g/mol. The van der Waals surface area contributed by atoms with E-state index in [1.165, 1.54) is 12.1 Å². The van der Waals surface area contributed by atoms with Crippen molar-refractivity contribution in [2.24, 2.45) is 5.73 Å². The second kappa shape index (κ2) is 5.80. The molecule has 0 aliphatic rings. The van der Waals surface area contributed by atoms with Gasteiger partial charge in [0.05, 0.1) is 12.6 Å². The lowest BCUT2D eigenvalue weighted by Gasteiger charge is -2.14. The summed E-state index contributed by atoms with van der Waals surface area (Å²) in [5, 5.41) is 0. The standard InChI is InChI=1S/C15H15F2NO/c1-2-19-14-5-3-4-10(8-14)15(18)11-6-12(16)9-13(17)7-11/h3-9,15H,2,18H2,1H3. The van der Waals surface area contributed by atoms with Crippen molar-refractivity contribution in [2.75, 3.05) is 6.61 Å². The molecular weight excluding hydrogens is 248 g/mol. The fourth-order valence-corrected chi connectivity index (χ4v) is 1.91. The van der Waals surface area contributed by atoms with Crippen LogP contribution in [-0.2, 0) is 0 Å². The Kier molecular flexibility index (Phi) is 4.12. The van der Waals surface area contributed by atoms with Gasteiger partial charge in [0.25, 0.3) is 0 Å². The van der Waals surface area contributed by atoms with Gasteiger partial charge in [-0.1, -0.05) is 12.1 Å². The average molecular weight is 263 g/mol. The normalized spacial score (nSPS) is 12.2. The van der Waals surface area contributed by atoms with Crippen molar-refractivity contribution < 1.29 is 13.5 Å². The maximum atomic E-state index is 13.2. The number of halogens is 2. The molecule has 0 aromatic heterocycles. The molecule has 0 radical (unpaired) electrons. The minimum absolute atomic E-state index is 0.395. The zero-order valence-corrected chi connectivity index (χ0v) is 10.6. The summed E-state index contributed by atoms with van der Waals surface area (Å²) in [5.74, 6) is -0.579. The lowest BCUT2D eigenvalue weighted by molar-refractivity contribution is 0.340. The quantitative estimate of drug-likeness (QED) is 0.917. The smallest absolute Gasteiger partial charge is 0.126 e. The highest BCUT2D eigenvalue weighted by Crippen LogP contribution is 2.24. The zero-order valence-electron chi connectivity index (χ0n) is 10.6. The van der Waals surface area contributed by atoms with Gasteiger partial charge >= 0.3 is 0 Å². The highest BCUT2D eigenvalue weighted by Gasteiger charge is 2.12. The van der Waals surface area contributed by atoms with Gasteiger partial charge in [0.2, 0.25) is 0 Å². The molecule has 2 N–H and O–H groups in total. The van der Waals surface area contributed by atoms with E-state index in [2.05, 4.69) is 0 Å². The summed E-state index contributed by atoms with van der Waals surface area (Å²) in [4.78, 5) is 0. The summed E-state index contributed by atoms with van der Waals surface area (Å²) >= 11 is 0.